The first-order valence-electron chi connectivity index (χ1n) is 9.77. The molecule has 0 atom stereocenters. The predicted molar refractivity (Wildman–Crippen MR) is 97.7 cm³/mol. The summed E-state index contributed by atoms with van der Waals surface area (Å²) in [5.74, 6) is -2.58. The van der Waals surface area contributed by atoms with Gasteiger partial charge in [-0.1, -0.05) is 77.6 Å². The summed E-state index contributed by atoms with van der Waals surface area (Å²) in [6.07, 6.45) is 14.9. The van der Waals surface area contributed by atoms with Crippen molar-refractivity contribution >= 4 is 5.97 Å². The number of halogens is 2. The van der Waals surface area contributed by atoms with Crippen molar-refractivity contribution in [3.05, 3.63) is 35.4 Å². The molecule has 2 nitrogen and oxygen atoms in total. The van der Waals surface area contributed by atoms with Crippen molar-refractivity contribution in [1.82, 2.24) is 0 Å². The number of esters is 1. The van der Waals surface area contributed by atoms with E-state index in [1.807, 2.05) is 0 Å². The fraction of sp³-hybridized carbons (Fsp3) is 0.667. The molecule has 4 heteroatoms. The van der Waals surface area contributed by atoms with Gasteiger partial charge in [-0.15, -0.1) is 0 Å². The second-order valence-corrected chi connectivity index (χ2v) is 6.65. The van der Waals surface area contributed by atoms with Crippen LogP contribution in [0.15, 0.2) is 18.2 Å². The molecule has 0 amide bonds. The molecule has 0 aliphatic heterocycles. The normalized spacial score (nSPS) is 10.8. The molecule has 0 aliphatic rings. The molecule has 0 saturated heterocycles. The first-order valence-corrected chi connectivity index (χ1v) is 9.77. The summed E-state index contributed by atoms with van der Waals surface area (Å²) in [5, 5.41) is 0. The van der Waals surface area contributed by atoms with Gasteiger partial charge in [0.2, 0.25) is 0 Å². The third-order valence-corrected chi connectivity index (χ3v) is 4.39. The smallest absolute Gasteiger partial charge is 0.338 e. The molecule has 1 aromatic carbocycles. The third kappa shape index (κ3) is 10.2. The number of carbonyl (C=O) groups is 1. The van der Waals surface area contributed by atoms with Crippen LogP contribution in [0.3, 0.4) is 0 Å². The standard InChI is InChI=1S/C21H32F2O2/c1-2-3-4-5-6-7-8-9-10-11-12-13-16-25-21(24)18-14-15-19(22)20(23)17-18/h14-15,17H,2-13,16H2,1H3. The minimum absolute atomic E-state index is 0.0536. The van der Waals surface area contributed by atoms with Crippen molar-refractivity contribution < 1.29 is 18.3 Å². The molecular formula is C21H32F2O2. The van der Waals surface area contributed by atoms with Crippen molar-refractivity contribution in [2.75, 3.05) is 6.61 Å². The molecule has 1 aromatic rings. The Morgan fingerprint density at radius 3 is 1.84 bits per heavy atom. The molecular weight excluding hydrogens is 322 g/mol. The van der Waals surface area contributed by atoms with Gasteiger partial charge in [-0.05, 0) is 24.6 Å². The first kappa shape index (κ1) is 21.6. The summed E-state index contributed by atoms with van der Waals surface area (Å²) in [6.45, 7) is 2.57. The highest BCUT2D eigenvalue weighted by atomic mass is 19.2. The van der Waals surface area contributed by atoms with Gasteiger partial charge in [-0.2, -0.15) is 0 Å². The summed E-state index contributed by atoms with van der Waals surface area (Å²) in [4.78, 5) is 11.7. The van der Waals surface area contributed by atoms with Gasteiger partial charge < -0.3 is 4.74 Å². The van der Waals surface area contributed by atoms with Crippen LogP contribution >= 0.6 is 0 Å². The molecule has 0 unspecified atom stereocenters. The van der Waals surface area contributed by atoms with Gasteiger partial charge >= 0.3 is 5.97 Å². The molecule has 0 fully saturated rings. The van der Waals surface area contributed by atoms with Gasteiger partial charge in [0.05, 0.1) is 12.2 Å². The minimum Gasteiger partial charge on any atom is -0.462 e. The maximum atomic E-state index is 13.1. The molecule has 0 spiro atoms. The van der Waals surface area contributed by atoms with E-state index in [0.29, 0.717) is 6.61 Å². The van der Waals surface area contributed by atoms with Gasteiger partial charge in [-0.3, -0.25) is 0 Å². The topological polar surface area (TPSA) is 26.3 Å². The lowest BCUT2D eigenvalue weighted by molar-refractivity contribution is 0.0497. The highest BCUT2D eigenvalue weighted by molar-refractivity contribution is 5.89. The Balaban J connectivity index is 1.93. The zero-order valence-electron chi connectivity index (χ0n) is 15.5. The van der Waals surface area contributed by atoms with E-state index >= 15 is 0 Å². The van der Waals surface area contributed by atoms with Crippen LogP contribution in [0, 0.1) is 11.6 Å². The van der Waals surface area contributed by atoms with Gasteiger partial charge in [0.1, 0.15) is 0 Å². The number of ether oxygens (including phenoxy) is 1. The fourth-order valence-electron chi connectivity index (χ4n) is 2.81. The van der Waals surface area contributed by atoms with E-state index in [4.69, 9.17) is 4.74 Å². The molecule has 142 valence electrons. The second-order valence-electron chi connectivity index (χ2n) is 6.65. The molecule has 1 rings (SSSR count). The average molecular weight is 354 g/mol. The SMILES string of the molecule is CCCCCCCCCCCCCCOC(=O)c1ccc(F)c(F)c1. The van der Waals surface area contributed by atoms with Crippen LogP contribution in [-0.2, 0) is 4.74 Å². The van der Waals surface area contributed by atoms with Crippen LogP contribution in [-0.4, -0.2) is 12.6 Å². The zero-order valence-corrected chi connectivity index (χ0v) is 15.5. The largest absolute Gasteiger partial charge is 0.462 e. The van der Waals surface area contributed by atoms with Crippen LogP contribution < -0.4 is 0 Å². The monoisotopic (exact) mass is 354 g/mol. The van der Waals surface area contributed by atoms with E-state index in [2.05, 4.69) is 6.92 Å². The molecule has 0 radical (unpaired) electrons. The average Bonchev–Trinajstić information content (AvgIpc) is 2.61. The number of unbranched alkanes of at least 4 members (excludes halogenated alkanes) is 11. The Hall–Kier alpha value is -1.45. The fourth-order valence-corrected chi connectivity index (χ4v) is 2.81. The van der Waals surface area contributed by atoms with Crippen LogP contribution in [0.1, 0.15) is 94.3 Å². The predicted octanol–water partition coefficient (Wildman–Crippen LogP) is 6.82. The van der Waals surface area contributed by atoms with Crippen molar-refractivity contribution in [3.63, 3.8) is 0 Å². The molecule has 0 aromatic heterocycles. The highest BCUT2D eigenvalue weighted by Crippen LogP contribution is 2.13. The van der Waals surface area contributed by atoms with E-state index in [1.54, 1.807) is 0 Å². The molecule has 0 N–H and O–H groups in total. The molecule has 0 heterocycles. The highest BCUT2D eigenvalue weighted by Gasteiger charge is 2.10. The summed E-state index contributed by atoms with van der Waals surface area (Å²) >= 11 is 0. The Morgan fingerprint density at radius 1 is 0.800 bits per heavy atom. The van der Waals surface area contributed by atoms with E-state index in [1.165, 1.54) is 63.9 Å². The van der Waals surface area contributed by atoms with Crippen molar-refractivity contribution in [2.24, 2.45) is 0 Å². The zero-order chi connectivity index (χ0) is 18.3. The quantitative estimate of drug-likeness (QED) is 0.270. The Kier molecular flexibility index (Phi) is 11.9. The van der Waals surface area contributed by atoms with Crippen LogP contribution in [0.4, 0.5) is 8.78 Å². The lowest BCUT2D eigenvalue weighted by atomic mass is 10.1. The number of hydrogen-bond acceptors (Lipinski definition) is 2. The van der Waals surface area contributed by atoms with Crippen molar-refractivity contribution in [1.29, 1.82) is 0 Å². The Bertz CT molecular complexity index is 489. The van der Waals surface area contributed by atoms with E-state index < -0.39 is 17.6 Å². The molecule has 0 saturated carbocycles. The van der Waals surface area contributed by atoms with E-state index in [9.17, 15) is 13.6 Å². The van der Waals surface area contributed by atoms with E-state index in [0.717, 1.165) is 31.4 Å². The number of benzene rings is 1. The summed E-state index contributed by atoms with van der Waals surface area (Å²) in [5.41, 5.74) is 0.0536. The number of hydrogen-bond donors (Lipinski definition) is 0. The Labute approximate surface area is 151 Å². The van der Waals surface area contributed by atoms with Gasteiger partial charge in [-0.25, -0.2) is 13.6 Å². The van der Waals surface area contributed by atoms with Crippen molar-refractivity contribution in [2.45, 2.75) is 84.0 Å². The maximum Gasteiger partial charge on any atom is 0.338 e. The van der Waals surface area contributed by atoms with Crippen LogP contribution in [0.5, 0.6) is 0 Å². The summed E-state index contributed by atoms with van der Waals surface area (Å²) in [7, 11) is 0. The number of rotatable bonds is 14. The lowest BCUT2D eigenvalue weighted by Crippen LogP contribution is -2.07. The van der Waals surface area contributed by atoms with Gasteiger partial charge in [0.15, 0.2) is 11.6 Å². The first-order chi connectivity index (χ1) is 12.1. The maximum absolute atomic E-state index is 13.1. The van der Waals surface area contributed by atoms with E-state index in [-0.39, 0.29) is 5.56 Å². The van der Waals surface area contributed by atoms with Gasteiger partial charge in [0, 0.05) is 0 Å². The van der Waals surface area contributed by atoms with Gasteiger partial charge in [0.25, 0.3) is 0 Å². The molecule has 0 aliphatic carbocycles. The Morgan fingerprint density at radius 2 is 1.32 bits per heavy atom. The summed E-state index contributed by atoms with van der Waals surface area (Å²) in [6, 6.07) is 3.05. The van der Waals surface area contributed by atoms with Crippen molar-refractivity contribution in [3.8, 4) is 0 Å². The third-order valence-electron chi connectivity index (χ3n) is 4.39. The molecule has 0 bridgehead atoms. The second kappa shape index (κ2) is 13.8. The number of carbonyl (C=O) groups excluding carboxylic acids is 1. The lowest BCUT2D eigenvalue weighted by Gasteiger charge is -2.05. The van der Waals surface area contributed by atoms with Crippen LogP contribution in [0.2, 0.25) is 0 Å². The minimum atomic E-state index is -1.03. The molecule has 25 heavy (non-hydrogen) atoms. The van der Waals surface area contributed by atoms with Crippen LogP contribution in [0.25, 0.3) is 0 Å². The summed E-state index contributed by atoms with van der Waals surface area (Å²) < 4.78 is 30.9.